The molecule has 2 aliphatic rings. The Bertz CT molecular complexity index is 1460. The molecule has 3 aromatic rings. The predicted octanol–water partition coefficient (Wildman–Crippen LogP) is 4.32. The zero-order valence-electron chi connectivity index (χ0n) is 22.2. The molecule has 1 fully saturated rings. The van der Waals surface area contributed by atoms with Crippen molar-refractivity contribution in [3.63, 3.8) is 0 Å². The Kier molecular flexibility index (Phi) is 7.91. The van der Waals surface area contributed by atoms with Crippen molar-refractivity contribution in [3.05, 3.63) is 81.7 Å². The number of sulfonamides is 1. The minimum atomic E-state index is -3.64. The van der Waals surface area contributed by atoms with Crippen molar-refractivity contribution >= 4 is 38.2 Å². The number of nitrogens with two attached hydrogens (primary N) is 1. The van der Waals surface area contributed by atoms with Gasteiger partial charge in [0, 0.05) is 43.2 Å². The van der Waals surface area contributed by atoms with Crippen molar-refractivity contribution in [3.8, 4) is 0 Å². The first-order chi connectivity index (χ1) is 18.6. The van der Waals surface area contributed by atoms with Crippen molar-refractivity contribution in [2.75, 3.05) is 25.0 Å². The van der Waals surface area contributed by atoms with Gasteiger partial charge in [-0.15, -0.1) is 11.3 Å². The zero-order chi connectivity index (χ0) is 27.7. The predicted molar refractivity (Wildman–Crippen MR) is 153 cm³/mol. The average Bonchev–Trinajstić information content (AvgIpc) is 3.26. The smallest absolute Gasteiger partial charge is 0.256 e. The fourth-order valence-electron chi connectivity index (χ4n) is 5.69. The summed E-state index contributed by atoms with van der Waals surface area (Å²) in [5, 5.41) is 3.30. The van der Waals surface area contributed by atoms with Gasteiger partial charge in [0.25, 0.3) is 11.8 Å². The fraction of sp³-hybridized carbons (Fsp3) is 0.379. The third kappa shape index (κ3) is 5.94. The lowest BCUT2D eigenvalue weighted by atomic mass is 9.94. The van der Waals surface area contributed by atoms with Gasteiger partial charge in [-0.05, 0) is 60.1 Å². The lowest BCUT2D eigenvalue weighted by Gasteiger charge is -2.34. The minimum absolute atomic E-state index is 0.170. The number of amides is 2. The summed E-state index contributed by atoms with van der Waals surface area (Å²) in [7, 11) is -3.64. The van der Waals surface area contributed by atoms with Crippen LogP contribution in [0.2, 0.25) is 0 Å². The molecule has 0 radical (unpaired) electrons. The number of rotatable bonds is 7. The van der Waals surface area contributed by atoms with Gasteiger partial charge < -0.3 is 11.1 Å². The van der Waals surface area contributed by atoms with E-state index in [1.165, 1.54) is 45.5 Å². The van der Waals surface area contributed by atoms with Gasteiger partial charge in [-0.3, -0.25) is 14.5 Å². The van der Waals surface area contributed by atoms with Crippen LogP contribution in [-0.2, 0) is 29.5 Å². The first kappa shape index (κ1) is 27.5. The van der Waals surface area contributed by atoms with Gasteiger partial charge in [-0.2, -0.15) is 4.31 Å². The third-order valence-corrected chi connectivity index (χ3v) is 10.4. The van der Waals surface area contributed by atoms with E-state index >= 15 is 0 Å². The number of primary amides is 1. The van der Waals surface area contributed by atoms with E-state index < -0.39 is 21.8 Å². The maximum Gasteiger partial charge on any atom is 0.256 e. The average molecular weight is 567 g/mol. The van der Waals surface area contributed by atoms with Crippen LogP contribution in [0.3, 0.4) is 0 Å². The van der Waals surface area contributed by atoms with E-state index in [-0.39, 0.29) is 4.90 Å². The molecule has 0 bridgehead atoms. The topological polar surface area (TPSA) is 113 Å². The molecular weight excluding hydrogens is 532 g/mol. The molecule has 2 unspecified atom stereocenters. The van der Waals surface area contributed by atoms with Gasteiger partial charge >= 0.3 is 0 Å². The van der Waals surface area contributed by atoms with Gasteiger partial charge in [-0.1, -0.05) is 44.2 Å². The van der Waals surface area contributed by atoms with E-state index in [4.69, 9.17) is 5.73 Å². The molecule has 39 heavy (non-hydrogen) atoms. The van der Waals surface area contributed by atoms with E-state index in [1.807, 2.05) is 18.2 Å². The number of carbonyl (C=O) groups is 2. The van der Waals surface area contributed by atoms with Gasteiger partial charge in [0.2, 0.25) is 10.0 Å². The Morgan fingerprint density at radius 3 is 2.33 bits per heavy atom. The molecule has 3 N–H and O–H groups in total. The molecule has 3 heterocycles. The molecule has 206 valence electrons. The summed E-state index contributed by atoms with van der Waals surface area (Å²) in [6.07, 6.45) is 1.68. The molecule has 2 amide bonds. The molecule has 2 atom stereocenters. The molecule has 5 rings (SSSR count). The highest BCUT2D eigenvalue weighted by molar-refractivity contribution is 7.89. The Morgan fingerprint density at radius 1 is 1.03 bits per heavy atom. The number of thiophene rings is 1. The second kappa shape index (κ2) is 11.2. The van der Waals surface area contributed by atoms with Crippen LogP contribution < -0.4 is 11.1 Å². The highest BCUT2D eigenvalue weighted by atomic mass is 32.2. The number of piperidine rings is 1. The summed E-state index contributed by atoms with van der Waals surface area (Å²) in [5.41, 5.74) is 8.54. The molecule has 0 spiro atoms. The molecule has 0 saturated carbocycles. The van der Waals surface area contributed by atoms with Gasteiger partial charge in [0.1, 0.15) is 5.00 Å². The van der Waals surface area contributed by atoms with Crippen molar-refractivity contribution in [2.24, 2.45) is 17.6 Å². The van der Waals surface area contributed by atoms with Crippen molar-refractivity contribution in [1.82, 2.24) is 9.21 Å². The van der Waals surface area contributed by atoms with Crippen LogP contribution in [0.25, 0.3) is 0 Å². The number of benzene rings is 2. The second-order valence-corrected chi connectivity index (χ2v) is 13.8. The molecular formula is C29H34N4O4S2. The van der Waals surface area contributed by atoms with E-state index in [9.17, 15) is 18.0 Å². The number of nitrogens with zero attached hydrogens (tertiary/aromatic N) is 2. The number of hydrogen-bond donors (Lipinski definition) is 2. The molecule has 2 aromatic carbocycles. The van der Waals surface area contributed by atoms with Crippen LogP contribution >= 0.6 is 11.3 Å². The maximum absolute atomic E-state index is 13.2. The summed E-state index contributed by atoms with van der Waals surface area (Å²) >= 11 is 1.38. The SMILES string of the molecule is CC1CC(C)CN(S(=O)(=O)c2ccc(C(=O)Nc3sc4c(c3C(N)=O)CCN(Cc3ccccc3)C4)cc2)C1. The standard InChI is InChI=1S/C29H34N4O4S2/c1-19-14-20(2)16-33(15-19)39(36,37)23-10-8-22(9-11-23)28(35)31-29-26(27(30)34)24-12-13-32(18-25(24)38-29)17-21-6-4-3-5-7-21/h3-11,19-20H,12-18H2,1-2H3,(H2,30,34)(H,31,35). The first-order valence-corrected chi connectivity index (χ1v) is 15.5. The summed E-state index contributed by atoms with van der Waals surface area (Å²) in [5.74, 6) is -0.378. The van der Waals surface area contributed by atoms with Crippen LogP contribution in [0.1, 0.15) is 57.0 Å². The third-order valence-electron chi connectivity index (χ3n) is 7.45. The van der Waals surface area contributed by atoms with Crippen LogP contribution in [0.15, 0.2) is 59.5 Å². The normalized spacial score (nSPS) is 20.4. The lowest BCUT2D eigenvalue weighted by Crippen LogP contribution is -2.42. The highest BCUT2D eigenvalue weighted by Crippen LogP contribution is 2.37. The number of carbonyl (C=O) groups excluding carboxylic acids is 2. The Labute approximate surface area is 233 Å². The lowest BCUT2D eigenvalue weighted by molar-refractivity contribution is 0.0999. The van der Waals surface area contributed by atoms with E-state index in [0.717, 1.165) is 30.0 Å². The summed E-state index contributed by atoms with van der Waals surface area (Å²) in [6.45, 7) is 7.38. The molecule has 1 aromatic heterocycles. The van der Waals surface area contributed by atoms with Crippen molar-refractivity contribution in [1.29, 1.82) is 0 Å². The fourth-order valence-corrected chi connectivity index (χ4v) is 8.66. The molecule has 2 aliphatic heterocycles. The Morgan fingerprint density at radius 2 is 1.69 bits per heavy atom. The Balaban J connectivity index is 1.31. The van der Waals surface area contributed by atoms with Crippen molar-refractivity contribution in [2.45, 2.75) is 44.7 Å². The number of hydrogen-bond acceptors (Lipinski definition) is 6. The van der Waals surface area contributed by atoms with Crippen molar-refractivity contribution < 1.29 is 18.0 Å². The Hall–Kier alpha value is -3.05. The molecule has 1 saturated heterocycles. The van der Waals surface area contributed by atoms with Crippen LogP contribution in [0.4, 0.5) is 5.00 Å². The number of nitrogens with one attached hydrogen (secondary N) is 1. The molecule has 10 heteroatoms. The van der Waals surface area contributed by atoms with Crippen LogP contribution in [0, 0.1) is 11.8 Å². The summed E-state index contributed by atoms with van der Waals surface area (Å²) < 4.78 is 27.9. The largest absolute Gasteiger partial charge is 0.365 e. The van der Waals surface area contributed by atoms with Gasteiger partial charge in [-0.25, -0.2) is 8.42 Å². The molecule has 8 nitrogen and oxygen atoms in total. The molecule has 0 aliphatic carbocycles. The monoisotopic (exact) mass is 566 g/mol. The summed E-state index contributed by atoms with van der Waals surface area (Å²) in [4.78, 5) is 29.0. The zero-order valence-corrected chi connectivity index (χ0v) is 23.9. The second-order valence-electron chi connectivity index (χ2n) is 10.8. The minimum Gasteiger partial charge on any atom is -0.365 e. The highest BCUT2D eigenvalue weighted by Gasteiger charge is 2.32. The van der Waals surface area contributed by atoms with E-state index in [2.05, 4.69) is 36.2 Å². The van der Waals surface area contributed by atoms with E-state index in [1.54, 1.807) is 0 Å². The summed E-state index contributed by atoms with van der Waals surface area (Å²) in [6, 6.07) is 16.2. The van der Waals surface area contributed by atoms with Crippen LogP contribution in [-0.4, -0.2) is 49.1 Å². The maximum atomic E-state index is 13.2. The number of fused-ring (bicyclic) bond motifs is 1. The van der Waals surface area contributed by atoms with Gasteiger partial charge in [0.05, 0.1) is 10.5 Å². The first-order valence-electron chi connectivity index (χ1n) is 13.2. The quantitative estimate of drug-likeness (QED) is 0.442. The van der Waals surface area contributed by atoms with Crippen LogP contribution in [0.5, 0.6) is 0 Å². The number of anilines is 1. The van der Waals surface area contributed by atoms with E-state index in [0.29, 0.717) is 54.0 Å². The van der Waals surface area contributed by atoms with Gasteiger partial charge in [0.15, 0.2) is 0 Å².